The fourth-order valence-corrected chi connectivity index (χ4v) is 7.69. The van der Waals surface area contributed by atoms with Crippen molar-refractivity contribution in [3.8, 4) is 22.4 Å². The summed E-state index contributed by atoms with van der Waals surface area (Å²) in [5.41, 5.74) is 6.77. The fraction of sp³-hybridized carbons (Fsp3) is 0.327. The average Bonchev–Trinajstić information content (AvgIpc) is 3.59. The zero-order chi connectivity index (χ0) is 44.6. The first kappa shape index (κ1) is 47.4. The van der Waals surface area contributed by atoms with E-state index in [1.165, 1.54) is 12.1 Å². The van der Waals surface area contributed by atoms with Crippen LogP contribution in [0.5, 0.6) is 0 Å². The van der Waals surface area contributed by atoms with Crippen LogP contribution in [0.1, 0.15) is 74.8 Å². The number of hydrogen-bond acceptors (Lipinski definition) is 8. The number of amides is 1. The van der Waals surface area contributed by atoms with Gasteiger partial charge in [0.2, 0.25) is 0 Å². The Balaban J connectivity index is 0.000000290. The molecule has 0 bridgehead atoms. The minimum atomic E-state index is -1.18. The van der Waals surface area contributed by atoms with Crippen LogP contribution in [0, 0.1) is 5.82 Å². The van der Waals surface area contributed by atoms with Gasteiger partial charge in [0.25, 0.3) is 5.91 Å². The third-order valence-corrected chi connectivity index (χ3v) is 10.6. The molecule has 3 atom stereocenters. The molecule has 328 valence electrons. The number of pyridine rings is 1. The van der Waals surface area contributed by atoms with Gasteiger partial charge in [-0.3, -0.25) is 14.6 Å². The van der Waals surface area contributed by atoms with E-state index in [2.05, 4.69) is 27.9 Å². The lowest BCUT2D eigenvalue weighted by Gasteiger charge is -2.20. The van der Waals surface area contributed by atoms with E-state index in [9.17, 15) is 24.2 Å². The number of anilines is 2. The molecule has 2 heterocycles. The number of aliphatic carboxylic acids is 1. The normalized spacial score (nSPS) is 12.7. The molecular weight excluding hydrogens is 809 g/mol. The van der Waals surface area contributed by atoms with Crippen molar-refractivity contribution >= 4 is 45.8 Å². The standard InChI is InChI=1S/C33H35FN2O5.C16H22ClN3O/c1-21(2)31-30(33(41)35-25-11-7-4-8-12-25)29(22-9-5-3-6-10-22)32(23-13-15-24(34)16-14-23)36(31)18-17-26(37)19-27(38)20-28(39)40;1-12(3-2-7-18-9-10-21)20-15-6-8-19-16-11-13(17)4-5-14(15)16/h3-16,21,26-27,37-38H,17-20H2,1-2H3,(H,35,41)(H,39,40);4-6,8,11-12,18,21H,2-3,7,9-10H2,1H3,(H,19,20)/t26-,27-;/m1./s1. The summed E-state index contributed by atoms with van der Waals surface area (Å²) in [4.78, 5) is 29.4. The van der Waals surface area contributed by atoms with Crippen LogP contribution in [0.25, 0.3) is 33.3 Å². The van der Waals surface area contributed by atoms with Crippen LogP contribution in [-0.4, -0.2) is 79.8 Å². The van der Waals surface area contributed by atoms with Crippen molar-refractivity contribution < 1.29 is 34.4 Å². The van der Waals surface area contributed by atoms with Gasteiger partial charge in [-0.2, -0.15) is 0 Å². The summed E-state index contributed by atoms with van der Waals surface area (Å²) in [6, 6.07) is 32.9. The Morgan fingerprint density at radius 2 is 1.53 bits per heavy atom. The molecule has 1 amide bonds. The summed E-state index contributed by atoms with van der Waals surface area (Å²) in [5, 5.41) is 50.0. The zero-order valence-electron chi connectivity index (χ0n) is 35.4. The number of nitrogens with zero attached hydrogens (tertiary/aromatic N) is 2. The van der Waals surface area contributed by atoms with Crippen LogP contribution in [0.4, 0.5) is 15.8 Å². The van der Waals surface area contributed by atoms with Gasteiger partial charge < -0.3 is 40.9 Å². The molecule has 7 N–H and O–H groups in total. The Morgan fingerprint density at radius 1 is 0.839 bits per heavy atom. The molecule has 62 heavy (non-hydrogen) atoms. The van der Waals surface area contributed by atoms with Gasteiger partial charge in [0.05, 0.1) is 42.0 Å². The first-order valence-corrected chi connectivity index (χ1v) is 21.4. The second-order valence-electron chi connectivity index (χ2n) is 15.6. The van der Waals surface area contributed by atoms with Gasteiger partial charge in [-0.05, 0) is 117 Å². The van der Waals surface area contributed by atoms with E-state index < -0.39 is 24.6 Å². The average molecular weight is 866 g/mol. The molecule has 2 aromatic heterocycles. The lowest BCUT2D eigenvalue weighted by molar-refractivity contribution is -0.139. The highest BCUT2D eigenvalue weighted by Gasteiger charge is 2.31. The second kappa shape index (κ2) is 23.5. The zero-order valence-corrected chi connectivity index (χ0v) is 36.2. The van der Waals surface area contributed by atoms with Crippen molar-refractivity contribution in [1.82, 2.24) is 14.9 Å². The van der Waals surface area contributed by atoms with Crippen molar-refractivity contribution in [2.45, 2.75) is 83.6 Å². The van der Waals surface area contributed by atoms with Crippen molar-refractivity contribution in [1.29, 1.82) is 0 Å². The molecule has 4 aromatic carbocycles. The molecule has 0 aliphatic rings. The van der Waals surface area contributed by atoms with Gasteiger partial charge >= 0.3 is 5.97 Å². The molecule has 11 nitrogen and oxygen atoms in total. The number of halogens is 2. The highest BCUT2D eigenvalue weighted by Crippen LogP contribution is 2.43. The number of rotatable bonds is 20. The molecule has 0 radical (unpaired) electrons. The van der Waals surface area contributed by atoms with Crippen molar-refractivity contribution in [3.63, 3.8) is 0 Å². The molecule has 0 fully saturated rings. The maximum absolute atomic E-state index is 14.0. The molecular formula is C49H57ClFN5O6. The SMILES string of the molecule is CC(C)c1c(C(=O)Nc2ccccc2)c(-c2ccccc2)c(-c2ccc(F)cc2)n1CC[C@@H](O)C[C@@H](O)CC(=O)O.CC(CCCNCCO)Nc1ccnc2cc(Cl)ccc12. The van der Waals surface area contributed by atoms with Crippen LogP contribution < -0.4 is 16.0 Å². The quantitative estimate of drug-likeness (QED) is 0.0370. The number of carboxylic acid groups (broad SMARTS) is 1. The monoisotopic (exact) mass is 865 g/mol. The van der Waals surface area contributed by atoms with E-state index in [-0.39, 0.29) is 43.6 Å². The Morgan fingerprint density at radius 3 is 2.19 bits per heavy atom. The van der Waals surface area contributed by atoms with Crippen LogP contribution in [0.3, 0.4) is 0 Å². The van der Waals surface area contributed by atoms with Crippen molar-refractivity contribution in [2.75, 3.05) is 30.3 Å². The number of carbonyl (C=O) groups excluding carboxylic acids is 1. The number of benzene rings is 4. The first-order valence-electron chi connectivity index (χ1n) is 21.0. The van der Waals surface area contributed by atoms with E-state index in [1.807, 2.05) is 103 Å². The minimum absolute atomic E-state index is 0.0939. The number of carbonyl (C=O) groups is 2. The Labute approximate surface area is 367 Å². The largest absolute Gasteiger partial charge is 0.481 e. The summed E-state index contributed by atoms with van der Waals surface area (Å²) >= 11 is 6.00. The van der Waals surface area contributed by atoms with E-state index in [4.69, 9.17) is 21.8 Å². The summed E-state index contributed by atoms with van der Waals surface area (Å²) in [7, 11) is 0. The highest BCUT2D eigenvalue weighted by molar-refractivity contribution is 6.31. The molecule has 6 rings (SSSR count). The first-order chi connectivity index (χ1) is 29.9. The lowest BCUT2D eigenvalue weighted by atomic mass is 9.94. The molecule has 0 saturated heterocycles. The molecule has 0 aliphatic heterocycles. The Kier molecular flexibility index (Phi) is 18.0. The molecule has 0 aliphatic carbocycles. The van der Waals surface area contributed by atoms with Gasteiger partial charge in [-0.15, -0.1) is 0 Å². The molecule has 0 spiro atoms. The van der Waals surface area contributed by atoms with Gasteiger partial charge in [0.15, 0.2) is 0 Å². The van der Waals surface area contributed by atoms with Crippen molar-refractivity contribution in [3.05, 3.63) is 137 Å². The predicted octanol–water partition coefficient (Wildman–Crippen LogP) is 9.36. The van der Waals surface area contributed by atoms with E-state index in [0.717, 1.165) is 47.2 Å². The number of aliphatic hydroxyl groups is 3. The van der Waals surface area contributed by atoms with Crippen LogP contribution in [-0.2, 0) is 11.3 Å². The molecule has 1 unspecified atom stereocenters. The third kappa shape index (κ3) is 13.4. The Hall–Kier alpha value is -5.63. The third-order valence-electron chi connectivity index (χ3n) is 10.3. The number of para-hydroxylation sites is 1. The Bertz CT molecular complexity index is 2340. The number of hydrogen-bond donors (Lipinski definition) is 7. The summed E-state index contributed by atoms with van der Waals surface area (Å²) < 4.78 is 16.0. The summed E-state index contributed by atoms with van der Waals surface area (Å²) in [5.74, 6) is -1.93. The van der Waals surface area contributed by atoms with E-state index in [1.54, 1.807) is 18.3 Å². The molecule has 0 saturated carbocycles. The minimum Gasteiger partial charge on any atom is -0.481 e. The maximum Gasteiger partial charge on any atom is 0.305 e. The van der Waals surface area contributed by atoms with Crippen molar-refractivity contribution in [2.24, 2.45) is 0 Å². The van der Waals surface area contributed by atoms with Crippen LogP contribution >= 0.6 is 11.6 Å². The second-order valence-corrected chi connectivity index (χ2v) is 16.0. The number of carboxylic acids is 1. The molecule has 13 heteroatoms. The maximum atomic E-state index is 14.0. The van der Waals surface area contributed by atoms with Gasteiger partial charge in [-0.25, -0.2) is 4.39 Å². The smallest absolute Gasteiger partial charge is 0.305 e. The van der Waals surface area contributed by atoms with Gasteiger partial charge in [-0.1, -0.05) is 74.0 Å². The number of fused-ring (bicyclic) bond motifs is 1. The van der Waals surface area contributed by atoms with Gasteiger partial charge in [0.1, 0.15) is 5.82 Å². The number of nitrogens with one attached hydrogen (secondary N) is 3. The topological polar surface area (TPSA) is 169 Å². The number of aliphatic hydroxyl groups excluding tert-OH is 3. The summed E-state index contributed by atoms with van der Waals surface area (Å²) in [6.45, 7) is 8.22. The highest BCUT2D eigenvalue weighted by atomic mass is 35.5. The lowest BCUT2D eigenvalue weighted by Crippen LogP contribution is -2.22. The van der Waals surface area contributed by atoms with Gasteiger partial charge in [0, 0.05) is 58.4 Å². The molecule has 6 aromatic rings. The van der Waals surface area contributed by atoms with E-state index in [0.29, 0.717) is 45.7 Å². The van der Waals surface area contributed by atoms with E-state index >= 15 is 0 Å². The summed E-state index contributed by atoms with van der Waals surface area (Å²) in [6.07, 6.45) is 1.43. The van der Waals surface area contributed by atoms with Crippen LogP contribution in [0.2, 0.25) is 5.02 Å². The predicted molar refractivity (Wildman–Crippen MR) is 246 cm³/mol. The number of aromatic nitrogens is 2. The van der Waals surface area contributed by atoms with Crippen LogP contribution in [0.15, 0.2) is 115 Å². The fourth-order valence-electron chi connectivity index (χ4n) is 7.53.